The van der Waals surface area contributed by atoms with Crippen LogP contribution in [0.1, 0.15) is 72.9 Å². The first kappa shape index (κ1) is 63.2. The van der Waals surface area contributed by atoms with Crippen molar-refractivity contribution in [2.45, 2.75) is 102 Å². The van der Waals surface area contributed by atoms with Gasteiger partial charge in [-0.1, -0.05) is 18.2 Å². The van der Waals surface area contributed by atoms with Gasteiger partial charge in [0, 0.05) is 92.7 Å². The lowest BCUT2D eigenvalue weighted by Crippen LogP contribution is -2.43. The number of aromatic nitrogens is 4. The molecular weight excluding hydrogens is 1240 g/mol. The molecule has 4 aliphatic heterocycles. The van der Waals surface area contributed by atoms with Crippen molar-refractivity contribution in [2.24, 2.45) is 0 Å². The molecule has 22 nitrogen and oxygen atoms in total. The maximum atomic E-state index is 13.1. The van der Waals surface area contributed by atoms with Crippen LogP contribution >= 0.6 is 34.0 Å². The highest BCUT2D eigenvalue weighted by atomic mass is 32.1. The molecule has 0 radical (unpaired) electrons. The fraction of sp³-hybridized carbons (Fsp3) is 0.294. The highest BCUT2D eigenvalue weighted by molar-refractivity contribution is 7.10. The first-order valence-corrected chi connectivity index (χ1v) is 33.5. The predicted octanol–water partition coefficient (Wildman–Crippen LogP) is 10.5. The molecule has 4 N–H and O–H groups in total. The van der Waals surface area contributed by atoms with Gasteiger partial charge in [0.05, 0.1) is 19.3 Å². The number of benzene rings is 4. The standard InChI is InChI=1S/C36H34N6O5S2.C32H32N6O5S/c43-31(21-27-5-3-19-48-27)41-17-1-7-29(41)33(45)37-25-13-9-23(10-14-25)35-39-40-36(47-35)24-11-15-26(16-12-24)38-34(46)30-8-2-18-42(30)32(44)22-28-6-4-20-49-28;1-20(39)37-16-2-6-26(37)29(41)33-23-12-8-21(9-13-23)31-35-36-32(43-31)22-10-14-24(15-11-22)34-30(42)27-7-3-17-38(27)28(40)19-25-5-4-18-44-25/h3-6,9-16,19-20,29-30H,1-2,7-8,17-18,21-22H2,(H,37,45)(H,38,46);4-5,8-15,18,26-27H,2-3,6-7,16-17,19H2,1H3,(H,33,41)(H,34,42)/t29-,30-;26-,27-/m00/s1. The predicted molar refractivity (Wildman–Crippen MR) is 354 cm³/mol. The number of rotatable bonds is 18. The Morgan fingerprint density at radius 3 is 0.860 bits per heavy atom. The summed E-state index contributed by atoms with van der Waals surface area (Å²) in [5.74, 6) is 0.287. The Hall–Kier alpha value is -9.98. The molecule has 476 valence electrons. The molecule has 4 aliphatic rings. The lowest BCUT2D eigenvalue weighted by atomic mass is 10.1. The number of hydrogen-bond acceptors (Lipinski definition) is 17. The van der Waals surface area contributed by atoms with Gasteiger partial charge in [-0.15, -0.1) is 54.4 Å². The summed E-state index contributed by atoms with van der Waals surface area (Å²) in [5, 5.41) is 34.3. The van der Waals surface area contributed by atoms with Crippen molar-refractivity contribution in [1.29, 1.82) is 0 Å². The molecule has 4 atom stereocenters. The minimum atomic E-state index is -0.492. The molecule has 0 spiro atoms. The Bertz CT molecular complexity index is 3960. The van der Waals surface area contributed by atoms with Gasteiger partial charge in [0.1, 0.15) is 24.2 Å². The zero-order chi connectivity index (χ0) is 64.4. The van der Waals surface area contributed by atoms with E-state index >= 15 is 0 Å². The first-order valence-electron chi connectivity index (χ1n) is 30.8. The van der Waals surface area contributed by atoms with E-state index in [1.54, 1.807) is 139 Å². The number of carbonyl (C=O) groups is 8. The van der Waals surface area contributed by atoms with Gasteiger partial charge < -0.3 is 49.7 Å². The number of hydrogen-bond donors (Lipinski definition) is 4. The molecule has 9 aromatic rings. The summed E-state index contributed by atoms with van der Waals surface area (Å²) < 4.78 is 11.8. The molecule has 0 aliphatic carbocycles. The lowest BCUT2D eigenvalue weighted by Gasteiger charge is -2.24. The summed E-state index contributed by atoms with van der Waals surface area (Å²) in [4.78, 5) is 112. The van der Waals surface area contributed by atoms with E-state index in [2.05, 4.69) is 41.7 Å². The molecule has 5 aromatic heterocycles. The van der Waals surface area contributed by atoms with E-state index in [0.29, 0.717) is 140 Å². The van der Waals surface area contributed by atoms with Crippen molar-refractivity contribution in [2.75, 3.05) is 47.4 Å². The number of anilines is 4. The number of likely N-dealkylation sites (tertiary alicyclic amines) is 4. The number of amides is 8. The van der Waals surface area contributed by atoms with E-state index in [-0.39, 0.29) is 47.3 Å². The van der Waals surface area contributed by atoms with Crippen molar-refractivity contribution in [1.82, 2.24) is 40.0 Å². The molecular formula is C68H66N12O10S3. The second-order valence-corrected chi connectivity index (χ2v) is 26.1. The Morgan fingerprint density at radius 1 is 0.376 bits per heavy atom. The third-order valence-electron chi connectivity index (χ3n) is 16.8. The number of carbonyl (C=O) groups excluding carboxylic acids is 8. The summed E-state index contributed by atoms with van der Waals surface area (Å²) in [6, 6.07) is 38.0. The summed E-state index contributed by atoms with van der Waals surface area (Å²) in [7, 11) is 0. The molecule has 13 rings (SSSR count). The molecule has 0 saturated carbocycles. The van der Waals surface area contributed by atoms with Crippen LogP contribution in [-0.2, 0) is 57.6 Å². The van der Waals surface area contributed by atoms with Gasteiger partial charge in [-0.05, 0) is 183 Å². The normalized spacial score (nSPS) is 17.6. The Kier molecular flexibility index (Phi) is 19.8. The molecule has 25 heteroatoms. The Balaban J connectivity index is 0.000000180. The number of thiophene rings is 3. The van der Waals surface area contributed by atoms with Crippen molar-refractivity contribution in [3.63, 3.8) is 0 Å². The average Bonchev–Trinajstić information content (AvgIpc) is 2.01. The fourth-order valence-corrected chi connectivity index (χ4v) is 14.1. The number of nitrogens with zero attached hydrogens (tertiary/aromatic N) is 8. The topological polar surface area (TPSA) is 275 Å². The van der Waals surface area contributed by atoms with Crippen LogP contribution in [0.25, 0.3) is 45.8 Å². The quantitative estimate of drug-likeness (QED) is 0.0622. The van der Waals surface area contributed by atoms with Crippen LogP contribution in [0.3, 0.4) is 0 Å². The second kappa shape index (κ2) is 29.1. The first-order chi connectivity index (χ1) is 45.3. The van der Waals surface area contributed by atoms with Crippen molar-refractivity contribution in [3.8, 4) is 45.8 Å². The molecule has 8 amide bonds. The Morgan fingerprint density at radius 2 is 0.624 bits per heavy atom. The highest BCUT2D eigenvalue weighted by Crippen LogP contribution is 2.31. The third-order valence-corrected chi connectivity index (χ3v) is 19.4. The van der Waals surface area contributed by atoms with Crippen LogP contribution in [0.5, 0.6) is 0 Å². The zero-order valence-electron chi connectivity index (χ0n) is 50.7. The van der Waals surface area contributed by atoms with E-state index in [1.807, 2.05) is 52.5 Å². The van der Waals surface area contributed by atoms with Crippen molar-refractivity contribution >= 4 is 104 Å². The maximum absolute atomic E-state index is 13.1. The van der Waals surface area contributed by atoms with Gasteiger partial charge in [0.15, 0.2) is 0 Å². The van der Waals surface area contributed by atoms with E-state index in [1.165, 1.54) is 18.3 Å². The van der Waals surface area contributed by atoms with Gasteiger partial charge in [-0.3, -0.25) is 38.4 Å². The third kappa shape index (κ3) is 15.3. The molecule has 4 aromatic carbocycles. The summed E-state index contributed by atoms with van der Waals surface area (Å²) in [5.41, 5.74) is 5.18. The van der Waals surface area contributed by atoms with Crippen LogP contribution in [0.15, 0.2) is 158 Å². The van der Waals surface area contributed by atoms with Crippen molar-refractivity contribution < 1.29 is 47.2 Å². The van der Waals surface area contributed by atoms with Gasteiger partial charge in [-0.2, -0.15) is 0 Å². The van der Waals surface area contributed by atoms with Gasteiger partial charge in [-0.25, -0.2) is 0 Å². The van der Waals surface area contributed by atoms with Crippen LogP contribution in [0.2, 0.25) is 0 Å². The van der Waals surface area contributed by atoms with Gasteiger partial charge in [0.25, 0.3) is 0 Å². The van der Waals surface area contributed by atoms with Gasteiger partial charge in [0.2, 0.25) is 70.8 Å². The zero-order valence-corrected chi connectivity index (χ0v) is 53.2. The summed E-state index contributed by atoms with van der Waals surface area (Å²) in [6.07, 6.45) is 6.67. The van der Waals surface area contributed by atoms with E-state index < -0.39 is 24.2 Å². The van der Waals surface area contributed by atoms with Gasteiger partial charge >= 0.3 is 0 Å². The Labute approximate surface area is 547 Å². The largest absolute Gasteiger partial charge is 0.416 e. The van der Waals surface area contributed by atoms with Crippen molar-refractivity contribution in [3.05, 3.63) is 164 Å². The minimum absolute atomic E-state index is 0.0304. The van der Waals surface area contributed by atoms with Crippen LogP contribution in [0.4, 0.5) is 22.7 Å². The summed E-state index contributed by atoms with van der Waals surface area (Å²) in [6.45, 7) is 3.82. The highest BCUT2D eigenvalue weighted by Gasteiger charge is 2.37. The monoisotopic (exact) mass is 1310 g/mol. The minimum Gasteiger partial charge on any atom is -0.416 e. The fourth-order valence-electron chi connectivity index (χ4n) is 12.0. The van der Waals surface area contributed by atoms with E-state index in [4.69, 9.17) is 8.83 Å². The molecule has 9 heterocycles. The lowest BCUT2D eigenvalue weighted by molar-refractivity contribution is -0.136. The smallest absolute Gasteiger partial charge is 0.248 e. The molecule has 0 bridgehead atoms. The second-order valence-electron chi connectivity index (χ2n) is 23.0. The van der Waals surface area contributed by atoms with E-state index in [0.717, 1.165) is 40.3 Å². The van der Waals surface area contributed by atoms with E-state index in [9.17, 15) is 38.4 Å². The number of nitrogens with one attached hydrogen (secondary N) is 4. The van der Waals surface area contributed by atoms with Crippen LogP contribution in [-0.4, -0.2) is 138 Å². The van der Waals surface area contributed by atoms with Crippen LogP contribution in [0, 0.1) is 0 Å². The maximum Gasteiger partial charge on any atom is 0.248 e. The summed E-state index contributed by atoms with van der Waals surface area (Å²) >= 11 is 4.62. The molecule has 93 heavy (non-hydrogen) atoms. The SMILES string of the molecule is CC(=O)N1CCC[C@H]1C(=O)Nc1ccc(-c2nnc(-c3ccc(NC(=O)[C@@H]4CCCN4C(=O)Cc4cccs4)cc3)o2)cc1.O=C(Nc1ccc(-c2nnc(-c3ccc(NC(=O)[C@@H]4CCCN4C(=O)Cc4cccs4)cc3)o2)cc1)[C@@H]1CCCN1C(=O)Cc1cccs1. The molecule has 4 saturated heterocycles. The average molecular weight is 1310 g/mol. The molecule has 0 unspecified atom stereocenters. The molecule has 4 fully saturated rings. The van der Waals surface area contributed by atoms with Crippen LogP contribution < -0.4 is 21.3 Å².